The van der Waals surface area contributed by atoms with E-state index in [1.807, 2.05) is 67.6 Å². The van der Waals surface area contributed by atoms with E-state index in [4.69, 9.17) is 11.6 Å². The predicted octanol–water partition coefficient (Wildman–Crippen LogP) is 5.33. The first-order valence-electron chi connectivity index (χ1n) is 9.75. The summed E-state index contributed by atoms with van der Waals surface area (Å²) in [4.78, 5) is 26.6. The first-order chi connectivity index (χ1) is 15.0. The van der Waals surface area contributed by atoms with Crippen LogP contribution in [0.25, 0.3) is 22.4 Å². The number of carbonyl (C=O) groups is 1. The summed E-state index contributed by atoms with van der Waals surface area (Å²) in [6.07, 6.45) is 0. The van der Waals surface area contributed by atoms with Crippen LogP contribution in [0.15, 0.2) is 83.7 Å². The molecule has 0 fully saturated rings. The van der Waals surface area contributed by atoms with Gasteiger partial charge in [0.1, 0.15) is 5.56 Å². The molecule has 0 aliphatic heterocycles. The van der Waals surface area contributed by atoms with Crippen molar-refractivity contribution in [3.63, 3.8) is 0 Å². The Morgan fingerprint density at radius 1 is 0.935 bits per heavy atom. The highest BCUT2D eigenvalue weighted by Gasteiger charge is 2.24. The van der Waals surface area contributed by atoms with E-state index in [-0.39, 0.29) is 5.56 Å². The zero-order valence-electron chi connectivity index (χ0n) is 17.1. The summed E-state index contributed by atoms with van der Waals surface area (Å²) in [5.41, 5.74) is 3.58. The third-order valence-corrected chi connectivity index (χ3v) is 5.25. The molecule has 0 radical (unpaired) electrons. The van der Waals surface area contributed by atoms with E-state index in [1.54, 1.807) is 25.2 Å². The Morgan fingerprint density at radius 3 is 2.16 bits per heavy atom. The van der Waals surface area contributed by atoms with Crippen LogP contribution in [-0.4, -0.2) is 15.7 Å². The fraction of sp³-hybridized carbons (Fsp3) is 0.0800. The van der Waals surface area contributed by atoms with Crippen LogP contribution in [0.3, 0.4) is 0 Å². The number of aryl methyl sites for hydroxylation is 2. The van der Waals surface area contributed by atoms with Crippen molar-refractivity contribution in [2.75, 3.05) is 5.32 Å². The molecule has 1 amide bonds. The van der Waals surface area contributed by atoms with Crippen molar-refractivity contribution >= 4 is 23.2 Å². The van der Waals surface area contributed by atoms with Gasteiger partial charge in [0.15, 0.2) is 0 Å². The molecule has 0 saturated heterocycles. The second-order valence-electron chi connectivity index (χ2n) is 7.17. The minimum Gasteiger partial charge on any atom is -0.322 e. The van der Waals surface area contributed by atoms with Crippen LogP contribution in [0.4, 0.5) is 5.69 Å². The van der Waals surface area contributed by atoms with Crippen LogP contribution >= 0.6 is 11.6 Å². The van der Waals surface area contributed by atoms with Gasteiger partial charge in [0, 0.05) is 28.9 Å². The number of nitrogens with one attached hydrogen (secondary N) is 1. The van der Waals surface area contributed by atoms with Gasteiger partial charge >= 0.3 is 0 Å². The van der Waals surface area contributed by atoms with Crippen molar-refractivity contribution in [2.24, 2.45) is 7.05 Å². The Kier molecular flexibility index (Phi) is 5.69. The van der Waals surface area contributed by atoms with Crippen LogP contribution in [0.5, 0.6) is 0 Å². The summed E-state index contributed by atoms with van der Waals surface area (Å²) < 4.78 is 1.21. The Bertz CT molecular complexity index is 1320. The number of anilines is 1. The lowest BCUT2D eigenvalue weighted by Crippen LogP contribution is -2.31. The zero-order valence-corrected chi connectivity index (χ0v) is 17.9. The maximum atomic E-state index is 13.4. The molecule has 6 heteroatoms. The molecular weight excluding hydrogens is 410 g/mol. The van der Waals surface area contributed by atoms with E-state index in [0.29, 0.717) is 22.0 Å². The average Bonchev–Trinajstić information content (AvgIpc) is 2.78. The van der Waals surface area contributed by atoms with Gasteiger partial charge in [-0.15, -0.1) is 0 Å². The standard InChI is InChI=1S/C25H20ClN3O2/c1-16-15-19(26)13-14-20(16)27-24(30)22-21(17-9-5-3-6-10-17)23(28-29(2)25(22)31)18-11-7-4-8-12-18/h3-15H,1-2H3,(H,27,30). The van der Waals surface area contributed by atoms with Crippen molar-refractivity contribution in [1.29, 1.82) is 0 Å². The number of aromatic nitrogens is 2. The highest BCUT2D eigenvalue weighted by Crippen LogP contribution is 2.32. The van der Waals surface area contributed by atoms with Gasteiger partial charge in [-0.25, -0.2) is 4.68 Å². The topological polar surface area (TPSA) is 64.0 Å². The molecule has 5 nitrogen and oxygen atoms in total. The molecule has 1 aromatic heterocycles. The number of halogens is 1. The lowest BCUT2D eigenvalue weighted by atomic mass is 9.95. The fourth-order valence-electron chi connectivity index (χ4n) is 3.48. The maximum absolute atomic E-state index is 13.4. The molecular formula is C25H20ClN3O2. The van der Waals surface area contributed by atoms with E-state index in [9.17, 15) is 9.59 Å². The molecule has 1 heterocycles. The van der Waals surface area contributed by atoms with Crippen molar-refractivity contribution in [1.82, 2.24) is 9.78 Å². The van der Waals surface area contributed by atoms with Crippen molar-refractivity contribution in [2.45, 2.75) is 6.92 Å². The molecule has 4 rings (SSSR count). The number of carbonyl (C=O) groups excluding carboxylic acids is 1. The van der Waals surface area contributed by atoms with E-state index < -0.39 is 11.5 Å². The van der Waals surface area contributed by atoms with Gasteiger partial charge in [0.25, 0.3) is 11.5 Å². The van der Waals surface area contributed by atoms with Crippen molar-refractivity contribution < 1.29 is 4.79 Å². The molecule has 1 N–H and O–H groups in total. The molecule has 0 saturated carbocycles. The van der Waals surface area contributed by atoms with Gasteiger partial charge < -0.3 is 5.32 Å². The molecule has 0 unspecified atom stereocenters. The Labute approximate surface area is 184 Å². The number of hydrogen-bond acceptors (Lipinski definition) is 3. The van der Waals surface area contributed by atoms with E-state index >= 15 is 0 Å². The van der Waals surface area contributed by atoms with E-state index in [0.717, 1.165) is 16.7 Å². The molecule has 0 aliphatic rings. The molecule has 0 spiro atoms. The van der Waals surface area contributed by atoms with Crippen LogP contribution in [-0.2, 0) is 7.05 Å². The second kappa shape index (κ2) is 8.58. The Hall–Kier alpha value is -3.70. The van der Waals surface area contributed by atoms with Gasteiger partial charge in [0.05, 0.1) is 5.69 Å². The normalized spacial score (nSPS) is 10.7. The maximum Gasteiger partial charge on any atom is 0.280 e. The second-order valence-corrected chi connectivity index (χ2v) is 7.61. The smallest absolute Gasteiger partial charge is 0.280 e. The van der Waals surface area contributed by atoms with Gasteiger partial charge in [-0.2, -0.15) is 5.10 Å². The number of nitrogens with zero attached hydrogens (tertiary/aromatic N) is 2. The minimum atomic E-state index is -0.496. The molecule has 3 aromatic carbocycles. The third kappa shape index (κ3) is 4.13. The average molecular weight is 430 g/mol. The highest BCUT2D eigenvalue weighted by atomic mass is 35.5. The zero-order chi connectivity index (χ0) is 22.0. The largest absolute Gasteiger partial charge is 0.322 e. The van der Waals surface area contributed by atoms with Gasteiger partial charge in [-0.05, 0) is 36.2 Å². The van der Waals surface area contributed by atoms with Crippen molar-refractivity contribution in [3.8, 4) is 22.4 Å². The molecule has 154 valence electrons. The lowest BCUT2D eigenvalue weighted by molar-refractivity contribution is 0.102. The van der Waals surface area contributed by atoms with Gasteiger partial charge in [-0.1, -0.05) is 72.3 Å². The minimum absolute atomic E-state index is 0.0388. The summed E-state index contributed by atoms with van der Waals surface area (Å²) >= 11 is 6.04. The fourth-order valence-corrected chi connectivity index (χ4v) is 3.71. The van der Waals surface area contributed by atoms with E-state index in [1.165, 1.54) is 4.68 Å². The highest BCUT2D eigenvalue weighted by molar-refractivity contribution is 6.30. The van der Waals surface area contributed by atoms with Crippen LogP contribution in [0, 0.1) is 6.92 Å². The number of benzene rings is 3. The molecule has 0 bridgehead atoms. The predicted molar refractivity (Wildman–Crippen MR) is 124 cm³/mol. The third-order valence-electron chi connectivity index (χ3n) is 5.02. The van der Waals surface area contributed by atoms with Gasteiger partial charge in [-0.3, -0.25) is 9.59 Å². The van der Waals surface area contributed by atoms with Crippen LogP contribution < -0.4 is 10.9 Å². The molecule has 0 atom stereocenters. The Balaban J connectivity index is 1.95. The van der Waals surface area contributed by atoms with E-state index in [2.05, 4.69) is 10.4 Å². The summed E-state index contributed by atoms with van der Waals surface area (Å²) in [7, 11) is 1.55. The summed E-state index contributed by atoms with van der Waals surface area (Å²) in [6.45, 7) is 1.85. The van der Waals surface area contributed by atoms with Crippen LogP contribution in [0.2, 0.25) is 5.02 Å². The molecule has 0 aliphatic carbocycles. The van der Waals surface area contributed by atoms with Gasteiger partial charge in [0.2, 0.25) is 0 Å². The number of hydrogen-bond donors (Lipinski definition) is 1. The first-order valence-corrected chi connectivity index (χ1v) is 10.1. The lowest BCUT2D eigenvalue weighted by Gasteiger charge is -2.16. The SMILES string of the molecule is Cc1cc(Cl)ccc1NC(=O)c1c(-c2ccccc2)c(-c2ccccc2)nn(C)c1=O. The quantitative estimate of drug-likeness (QED) is 0.477. The summed E-state index contributed by atoms with van der Waals surface area (Å²) in [5, 5.41) is 7.95. The summed E-state index contributed by atoms with van der Waals surface area (Å²) in [6, 6.07) is 24.1. The first kappa shape index (κ1) is 20.6. The number of rotatable bonds is 4. The Morgan fingerprint density at radius 2 is 1.55 bits per heavy atom. The molecule has 31 heavy (non-hydrogen) atoms. The molecule has 4 aromatic rings. The van der Waals surface area contributed by atoms with Crippen molar-refractivity contribution in [3.05, 3.63) is 105 Å². The van der Waals surface area contributed by atoms with Crippen LogP contribution in [0.1, 0.15) is 15.9 Å². The number of amides is 1. The monoisotopic (exact) mass is 429 g/mol. The summed E-state index contributed by atoms with van der Waals surface area (Å²) in [5.74, 6) is -0.496.